The first-order chi connectivity index (χ1) is 9.33. The van der Waals surface area contributed by atoms with Gasteiger partial charge in [-0.3, -0.25) is 0 Å². The van der Waals surface area contributed by atoms with Gasteiger partial charge in [-0.2, -0.15) is 0 Å². The molecule has 19 heavy (non-hydrogen) atoms. The van der Waals surface area contributed by atoms with Crippen molar-refractivity contribution in [3.8, 4) is 11.5 Å². The molecule has 4 nitrogen and oxygen atoms in total. The molecule has 0 spiro atoms. The van der Waals surface area contributed by atoms with E-state index < -0.39 is 0 Å². The van der Waals surface area contributed by atoms with Gasteiger partial charge in [0.25, 0.3) is 0 Å². The second-order valence-corrected chi connectivity index (χ2v) is 4.75. The predicted molar refractivity (Wildman–Crippen MR) is 77.2 cm³/mol. The minimum atomic E-state index is 0.698. The molecule has 4 heteroatoms. The number of hydrogen-bond acceptors (Lipinski definition) is 4. The van der Waals surface area contributed by atoms with E-state index in [4.69, 9.17) is 9.47 Å². The maximum absolute atomic E-state index is 5.56. The SMILES string of the molecule is CCOc1ccc(OC)c(CCN2CCNCC2)c1. The van der Waals surface area contributed by atoms with E-state index >= 15 is 0 Å². The summed E-state index contributed by atoms with van der Waals surface area (Å²) in [6.07, 6.45) is 1.00. The summed E-state index contributed by atoms with van der Waals surface area (Å²) >= 11 is 0. The fourth-order valence-electron chi connectivity index (χ4n) is 2.42. The van der Waals surface area contributed by atoms with Crippen LogP contribution in [0.25, 0.3) is 0 Å². The van der Waals surface area contributed by atoms with E-state index in [0.717, 1.165) is 50.6 Å². The van der Waals surface area contributed by atoms with Gasteiger partial charge < -0.3 is 19.7 Å². The van der Waals surface area contributed by atoms with Gasteiger partial charge in [0.05, 0.1) is 13.7 Å². The number of rotatable bonds is 6. The molecule has 0 aliphatic carbocycles. The van der Waals surface area contributed by atoms with Gasteiger partial charge in [-0.25, -0.2) is 0 Å². The molecule has 0 bridgehead atoms. The third-order valence-corrected chi connectivity index (χ3v) is 3.47. The second kappa shape index (κ2) is 7.36. The number of ether oxygens (including phenoxy) is 2. The highest BCUT2D eigenvalue weighted by molar-refractivity contribution is 5.40. The minimum absolute atomic E-state index is 0.698. The second-order valence-electron chi connectivity index (χ2n) is 4.75. The Kier molecular flexibility index (Phi) is 5.48. The highest BCUT2D eigenvalue weighted by Gasteiger charge is 2.11. The van der Waals surface area contributed by atoms with Crippen LogP contribution in [0.15, 0.2) is 18.2 Å². The molecule has 0 saturated carbocycles. The van der Waals surface area contributed by atoms with Gasteiger partial charge in [0.2, 0.25) is 0 Å². The molecule has 1 aliphatic rings. The summed E-state index contributed by atoms with van der Waals surface area (Å²) in [4.78, 5) is 2.49. The summed E-state index contributed by atoms with van der Waals surface area (Å²) in [6.45, 7) is 8.23. The Hall–Kier alpha value is -1.26. The zero-order chi connectivity index (χ0) is 13.5. The Morgan fingerprint density at radius 3 is 2.74 bits per heavy atom. The van der Waals surface area contributed by atoms with Gasteiger partial charge in [-0.05, 0) is 37.1 Å². The lowest BCUT2D eigenvalue weighted by molar-refractivity contribution is 0.243. The summed E-state index contributed by atoms with van der Waals surface area (Å²) < 4.78 is 11.0. The van der Waals surface area contributed by atoms with Crippen molar-refractivity contribution in [3.05, 3.63) is 23.8 Å². The average Bonchev–Trinajstić information content (AvgIpc) is 2.47. The summed E-state index contributed by atoms with van der Waals surface area (Å²) in [5.41, 5.74) is 1.23. The van der Waals surface area contributed by atoms with E-state index in [-0.39, 0.29) is 0 Å². The third-order valence-electron chi connectivity index (χ3n) is 3.47. The van der Waals surface area contributed by atoms with Crippen LogP contribution in [-0.4, -0.2) is 51.3 Å². The highest BCUT2D eigenvalue weighted by atomic mass is 16.5. The molecule has 2 rings (SSSR count). The van der Waals surface area contributed by atoms with Crippen LogP contribution >= 0.6 is 0 Å². The lowest BCUT2D eigenvalue weighted by atomic mass is 10.1. The van der Waals surface area contributed by atoms with Gasteiger partial charge >= 0.3 is 0 Å². The normalized spacial score (nSPS) is 16.3. The van der Waals surface area contributed by atoms with E-state index in [2.05, 4.69) is 16.3 Å². The van der Waals surface area contributed by atoms with Gasteiger partial charge in [0.1, 0.15) is 11.5 Å². The van der Waals surface area contributed by atoms with Crippen molar-refractivity contribution in [2.75, 3.05) is 46.4 Å². The van der Waals surface area contributed by atoms with Gasteiger partial charge in [-0.1, -0.05) is 0 Å². The Balaban J connectivity index is 1.97. The number of nitrogens with one attached hydrogen (secondary N) is 1. The Labute approximate surface area is 115 Å². The Bertz CT molecular complexity index is 390. The standard InChI is InChI=1S/C15H24N2O2/c1-3-19-14-4-5-15(18-2)13(12-14)6-9-17-10-7-16-8-11-17/h4-5,12,16H,3,6-11H2,1-2H3. The van der Waals surface area contributed by atoms with Crippen LogP contribution in [0.4, 0.5) is 0 Å². The average molecular weight is 264 g/mol. The minimum Gasteiger partial charge on any atom is -0.496 e. The lowest BCUT2D eigenvalue weighted by Crippen LogP contribution is -2.44. The van der Waals surface area contributed by atoms with Crippen LogP contribution in [0.2, 0.25) is 0 Å². The molecule has 1 fully saturated rings. The lowest BCUT2D eigenvalue weighted by Gasteiger charge is -2.27. The fourth-order valence-corrected chi connectivity index (χ4v) is 2.42. The van der Waals surface area contributed by atoms with Crippen molar-refractivity contribution in [2.45, 2.75) is 13.3 Å². The van der Waals surface area contributed by atoms with E-state index in [0.29, 0.717) is 6.61 Å². The molecule has 106 valence electrons. The number of hydrogen-bond donors (Lipinski definition) is 1. The molecule has 1 aliphatic heterocycles. The molecule has 0 atom stereocenters. The monoisotopic (exact) mass is 264 g/mol. The van der Waals surface area contributed by atoms with Crippen LogP contribution in [0, 0.1) is 0 Å². The first-order valence-electron chi connectivity index (χ1n) is 7.06. The molecule has 1 N–H and O–H groups in total. The molecule has 0 amide bonds. The number of nitrogens with zero attached hydrogens (tertiary/aromatic N) is 1. The van der Waals surface area contributed by atoms with E-state index in [1.54, 1.807) is 7.11 Å². The summed E-state index contributed by atoms with van der Waals surface area (Å²) in [5.74, 6) is 1.89. The topological polar surface area (TPSA) is 33.7 Å². The Morgan fingerprint density at radius 1 is 1.26 bits per heavy atom. The van der Waals surface area contributed by atoms with Crippen molar-refractivity contribution in [3.63, 3.8) is 0 Å². The molecule has 0 radical (unpaired) electrons. The summed E-state index contributed by atoms with van der Waals surface area (Å²) in [7, 11) is 1.73. The van der Waals surface area contributed by atoms with Crippen molar-refractivity contribution in [2.24, 2.45) is 0 Å². The number of benzene rings is 1. The quantitative estimate of drug-likeness (QED) is 0.845. The molecule has 0 aromatic heterocycles. The molecule has 1 aromatic rings. The smallest absolute Gasteiger partial charge is 0.122 e. The number of methoxy groups -OCH3 is 1. The van der Waals surface area contributed by atoms with E-state index in [9.17, 15) is 0 Å². The predicted octanol–water partition coefficient (Wildman–Crippen LogP) is 1.54. The van der Waals surface area contributed by atoms with Gasteiger partial charge in [0.15, 0.2) is 0 Å². The van der Waals surface area contributed by atoms with Crippen LogP contribution in [-0.2, 0) is 6.42 Å². The maximum atomic E-state index is 5.56. The maximum Gasteiger partial charge on any atom is 0.122 e. The third kappa shape index (κ3) is 4.11. The molecule has 1 heterocycles. The fraction of sp³-hybridized carbons (Fsp3) is 0.600. The van der Waals surface area contributed by atoms with Crippen molar-refractivity contribution < 1.29 is 9.47 Å². The summed E-state index contributed by atoms with van der Waals surface area (Å²) in [6, 6.07) is 6.07. The zero-order valence-corrected chi connectivity index (χ0v) is 11.9. The van der Waals surface area contributed by atoms with Gasteiger partial charge in [-0.15, -0.1) is 0 Å². The van der Waals surface area contributed by atoms with Crippen LogP contribution < -0.4 is 14.8 Å². The van der Waals surface area contributed by atoms with Gasteiger partial charge in [0, 0.05) is 32.7 Å². The van der Waals surface area contributed by atoms with E-state index in [1.807, 2.05) is 19.1 Å². The number of piperazine rings is 1. The zero-order valence-electron chi connectivity index (χ0n) is 11.9. The van der Waals surface area contributed by atoms with E-state index in [1.165, 1.54) is 5.56 Å². The molecule has 1 aromatic carbocycles. The van der Waals surface area contributed by atoms with Crippen LogP contribution in [0.1, 0.15) is 12.5 Å². The highest BCUT2D eigenvalue weighted by Crippen LogP contribution is 2.24. The first kappa shape index (κ1) is 14.2. The van der Waals surface area contributed by atoms with Crippen molar-refractivity contribution in [1.82, 2.24) is 10.2 Å². The summed E-state index contributed by atoms with van der Waals surface area (Å²) in [5, 5.41) is 3.37. The molecule has 1 saturated heterocycles. The van der Waals surface area contributed by atoms with Crippen molar-refractivity contribution in [1.29, 1.82) is 0 Å². The van der Waals surface area contributed by atoms with Crippen LogP contribution in [0.3, 0.4) is 0 Å². The molecular formula is C15H24N2O2. The molecule has 0 unspecified atom stereocenters. The largest absolute Gasteiger partial charge is 0.496 e. The van der Waals surface area contributed by atoms with Crippen LogP contribution in [0.5, 0.6) is 11.5 Å². The molecular weight excluding hydrogens is 240 g/mol. The van der Waals surface area contributed by atoms with Crippen molar-refractivity contribution >= 4 is 0 Å². The first-order valence-corrected chi connectivity index (χ1v) is 7.06. The Morgan fingerprint density at radius 2 is 2.05 bits per heavy atom.